The molecule has 2 aromatic carbocycles. The van der Waals surface area contributed by atoms with Crippen molar-refractivity contribution in [2.45, 2.75) is 6.42 Å². The quantitative estimate of drug-likeness (QED) is 0.497. The summed E-state index contributed by atoms with van der Waals surface area (Å²) < 4.78 is 16.1. The van der Waals surface area contributed by atoms with Gasteiger partial charge in [-0.1, -0.05) is 6.07 Å². The average molecular weight is 465 g/mol. The van der Waals surface area contributed by atoms with Gasteiger partial charge in [-0.15, -0.1) is 0 Å². The van der Waals surface area contributed by atoms with Crippen molar-refractivity contribution in [2.24, 2.45) is 0 Å². The summed E-state index contributed by atoms with van der Waals surface area (Å²) in [6.45, 7) is 2.00. The fraction of sp³-hybridized carbons (Fsp3) is 0.333. The molecular formula is C21H25BrN2O5. The first-order valence-electron chi connectivity index (χ1n) is 9.15. The van der Waals surface area contributed by atoms with Crippen molar-refractivity contribution in [3.63, 3.8) is 0 Å². The summed E-state index contributed by atoms with van der Waals surface area (Å²) in [6, 6.07) is 11.9. The summed E-state index contributed by atoms with van der Waals surface area (Å²) in [4.78, 5) is 24.8. The third kappa shape index (κ3) is 7.49. The lowest BCUT2D eigenvalue weighted by molar-refractivity contribution is 0.0947. The Bertz CT molecular complexity index is 828. The fourth-order valence-electron chi connectivity index (χ4n) is 2.46. The van der Waals surface area contributed by atoms with E-state index in [0.717, 1.165) is 6.42 Å². The number of benzene rings is 2. The summed E-state index contributed by atoms with van der Waals surface area (Å²) >= 11 is 3.41. The molecule has 0 heterocycles. The summed E-state index contributed by atoms with van der Waals surface area (Å²) in [5, 5.41) is 5.63. The van der Waals surface area contributed by atoms with Crippen LogP contribution in [0.1, 0.15) is 27.1 Å². The van der Waals surface area contributed by atoms with Gasteiger partial charge in [0, 0.05) is 44.2 Å². The van der Waals surface area contributed by atoms with Crippen molar-refractivity contribution in [1.82, 2.24) is 5.32 Å². The van der Waals surface area contributed by atoms with Gasteiger partial charge in [0.1, 0.15) is 12.4 Å². The molecule has 0 radical (unpaired) electrons. The normalized spacial score (nSPS) is 10.4. The highest BCUT2D eigenvalue weighted by Crippen LogP contribution is 2.26. The SMILES string of the molecule is COCCCNC(=O)c1cccc(NC(=O)c2ccc(OCCOC)c(Br)c2)c1. The summed E-state index contributed by atoms with van der Waals surface area (Å²) in [5.41, 5.74) is 1.48. The van der Waals surface area contributed by atoms with Gasteiger partial charge in [-0.05, 0) is 58.7 Å². The number of hydrogen-bond acceptors (Lipinski definition) is 5. The molecule has 156 valence electrons. The van der Waals surface area contributed by atoms with Gasteiger partial charge in [0.2, 0.25) is 0 Å². The van der Waals surface area contributed by atoms with Crippen LogP contribution in [0.2, 0.25) is 0 Å². The lowest BCUT2D eigenvalue weighted by Gasteiger charge is -2.11. The molecule has 0 aromatic heterocycles. The van der Waals surface area contributed by atoms with Crippen LogP contribution in [-0.2, 0) is 9.47 Å². The van der Waals surface area contributed by atoms with E-state index in [2.05, 4.69) is 26.6 Å². The average Bonchev–Trinajstić information content (AvgIpc) is 2.72. The Kier molecular flexibility index (Phi) is 9.63. The number of nitrogens with one attached hydrogen (secondary N) is 2. The first-order valence-corrected chi connectivity index (χ1v) is 9.94. The summed E-state index contributed by atoms with van der Waals surface area (Å²) in [5.74, 6) is 0.148. The van der Waals surface area contributed by atoms with Gasteiger partial charge in [0.05, 0.1) is 11.1 Å². The number of methoxy groups -OCH3 is 2. The molecule has 8 heteroatoms. The second kappa shape index (κ2) is 12.2. The number of anilines is 1. The number of rotatable bonds is 11. The largest absolute Gasteiger partial charge is 0.490 e. The molecule has 7 nitrogen and oxygen atoms in total. The van der Waals surface area contributed by atoms with Gasteiger partial charge in [-0.3, -0.25) is 9.59 Å². The molecule has 29 heavy (non-hydrogen) atoms. The van der Waals surface area contributed by atoms with Crippen molar-refractivity contribution in [2.75, 3.05) is 45.9 Å². The van der Waals surface area contributed by atoms with Crippen LogP contribution in [0.4, 0.5) is 5.69 Å². The van der Waals surface area contributed by atoms with E-state index in [1.54, 1.807) is 56.7 Å². The van der Waals surface area contributed by atoms with Crippen molar-refractivity contribution in [1.29, 1.82) is 0 Å². The summed E-state index contributed by atoms with van der Waals surface area (Å²) in [7, 11) is 3.22. The van der Waals surface area contributed by atoms with Crippen LogP contribution in [0.3, 0.4) is 0 Å². The first kappa shape index (κ1) is 22.9. The Hall–Kier alpha value is -2.42. The number of carbonyl (C=O) groups is 2. The number of hydrogen-bond donors (Lipinski definition) is 2. The van der Waals surface area contributed by atoms with E-state index in [1.807, 2.05) is 0 Å². The molecule has 2 amide bonds. The molecule has 0 bridgehead atoms. The van der Waals surface area contributed by atoms with E-state index in [9.17, 15) is 9.59 Å². The monoisotopic (exact) mass is 464 g/mol. The molecule has 2 aromatic rings. The maximum absolute atomic E-state index is 12.6. The Morgan fingerprint density at radius 2 is 1.69 bits per heavy atom. The minimum Gasteiger partial charge on any atom is -0.490 e. The molecule has 0 saturated carbocycles. The van der Waals surface area contributed by atoms with Crippen molar-refractivity contribution in [3.05, 3.63) is 58.1 Å². The van der Waals surface area contributed by atoms with Gasteiger partial charge >= 0.3 is 0 Å². The van der Waals surface area contributed by atoms with Crippen molar-refractivity contribution >= 4 is 33.4 Å². The molecule has 0 atom stereocenters. The van der Waals surface area contributed by atoms with Gasteiger partial charge < -0.3 is 24.8 Å². The molecular weight excluding hydrogens is 440 g/mol. The van der Waals surface area contributed by atoms with Crippen LogP contribution in [0, 0.1) is 0 Å². The minimum atomic E-state index is -0.285. The zero-order valence-electron chi connectivity index (χ0n) is 16.5. The van der Waals surface area contributed by atoms with E-state index < -0.39 is 0 Å². The third-order valence-electron chi connectivity index (χ3n) is 3.93. The Labute approximate surface area is 178 Å². The van der Waals surface area contributed by atoms with Crippen molar-refractivity contribution in [3.8, 4) is 5.75 Å². The second-order valence-electron chi connectivity index (χ2n) is 6.12. The van der Waals surface area contributed by atoms with E-state index in [-0.39, 0.29) is 11.8 Å². The molecule has 2 N–H and O–H groups in total. The fourth-order valence-corrected chi connectivity index (χ4v) is 2.95. The van der Waals surface area contributed by atoms with Crippen LogP contribution >= 0.6 is 15.9 Å². The van der Waals surface area contributed by atoms with Gasteiger partial charge in [0.15, 0.2) is 0 Å². The van der Waals surface area contributed by atoms with E-state index >= 15 is 0 Å². The lowest BCUT2D eigenvalue weighted by atomic mass is 10.1. The zero-order valence-corrected chi connectivity index (χ0v) is 18.1. The van der Waals surface area contributed by atoms with Crippen molar-refractivity contribution < 1.29 is 23.8 Å². The maximum Gasteiger partial charge on any atom is 0.255 e. The predicted molar refractivity (Wildman–Crippen MR) is 115 cm³/mol. The standard InChI is InChI=1S/C21H25BrN2O5/c1-27-10-4-9-23-20(25)15-5-3-6-17(13-15)24-21(26)16-7-8-19(18(22)14-16)29-12-11-28-2/h3,5-8,13-14H,4,9-12H2,1-2H3,(H,23,25)(H,24,26). The Balaban J connectivity index is 1.98. The number of ether oxygens (including phenoxy) is 3. The summed E-state index contributed by atoms with van der Waals surface area (Å²) in [6.07, 6.45) is 0.735. The topological polar surface area (TPSA) is 85.9 Å². The highest BCUT2D eigenvalue weighted by Gasteiger charge is 2.11. The Morgan fingerprint density at radius 1 is 0.931 bits per heavy atom. The highest BCUT2D eigenvalue weighted by molar-refractivity contribution is 9.10. The molecule has 0 aliphatic heterocycles. The molecule has 0 unspecified atom stereocenters. The number of carbonyl (C=O) groups excluding carboxylic acids is 2. The maximum atomic E-state index is 12.6. The molecule has 2 rings (SSSR count). The smallest absolute Gasteiger partial charge is 0.255 e. The molecule has 0 aliphatic carbocycles. The van der Waals surface area contributed by atoms with Crippen LogP contribution < -0.4 is 15.4 Å². The van der Waals surface area contributed by atoms with E-state index in [4.69, 9.17) is 14.2 Å². The number of amides is 2. The van der Waals surface area contributed by atoms with E-state index in [1.165, 1.54) is 0 Å². The zero-order chi connectivity index (χ0) is 21.1. The van der Waals surface area contributed by atoms with Gasteiger partial charge in [-0.2, -0.15) is 0 Å². The highest BCUT2D eigenvalue weighted by atomic mass is 79.9. The van der Waals surface area contributed by atoms with Crippen LogP contribution in [0.15, 0.2) is 46.9 Å². The molecule has 0 aliphatic rings. The van der Waals surface area contributed by atoms with E-state index in [0.29, 0.717) is 53.4 Å². The molecule has 0 saturated heterocycles. The van der Waals surface area contributed by atoms with Crippen LogP contribution in [0.5, 0.6) is 5.75 Å². The van der Waals surface area contributed by atoms with Gasteiger partial charge in [0.25, 0.3) is 11.8 Å². The minimum absolute atomic E-state index is 0.197. The molecule has 0 spiro atoms. The second-order valence-corrected chi connectivity index (χ2v) is 6.98. The lowest BCUT2D eigenvalue weighted by Crippen LogP contribution is -2.25. The first-order chi connectivity index (χ1) is 14.0. The molecule has 0 fully saturated rings. The van der Waals surface area contributed by atoms with Gasteiger partial charge in [-0.25, -0.2) is 0 Å². The van der Waals surface area contributed by atoms with Crippen LogP contribution in [0.25, 0.3) is 0 Å². The third-order valence-corrected chi connectivity index (χ3v) is 4.55. The number of halogens is 1. The Morgan fingerprint density at radius 3 is 2.41 bits per heavy atom. The van der Waals surface area contributed by atoms with Crippen LogP contribution in [-0.4, -0.2) is 52.4 Å². The predicted octanol–water partition coefficient (Wildman–Crippen LogP) is 3.49.